The molecule has 3 nitrogen and oxygen atoms in total. The molecule has 0 aromatic heterocycles. The number of benzene rings is 1. The molecule has 1 aromatic carbocycles. The summed E-state index contributed by atoms with van der Waals surface area (Å²) in [6.45, 7) is 4.20. The van der Waals surface area contributed by atoms with Gasteiger partial charge in [-0.2, -0.15) is 0 Å². The number of halogens is 1. The molecule has 0 heterocycles. The van der Waals surface area contributed by atoms with Crippen molar-refractivity contribution in [1.82, 2.24) is 0 Å². The highest BCUT2D eigenvalue weighted by Crippen LogP contribution is 2.14. The summed E-state index contributed by atoms with van der Waals surface area (Å²) in [5.41, 5.74) is 0.852. The molecule has 88 valence electrons. The van der Waals surface area contributed by atoms with E-state index < -0.39 is 0 Å². The number of carbonyl (C=O) groups excluding carboxylic acids is 1. The highest BCUT2D eigenvalue weighted by Gasteiger charge is 2.13. The van der Waals surface area contributed by atoms with E-state index in [1.54, 1.807) is 19.1 Å². The molecule has 0 saturated carbocycles. The molecule has 0 radical (unpaired) electrons. The molecule has 0 aliphatic rings. The molecule has 1 rings (SSSR count). The quantitative estimate of drug-likeness (QED) is 0.805. The molecule has 0 bridgehead atoms. The van der Waals surface area contributed by atoms with Crippen LogP contribution in [-0.2, 0) is 9.53 Å². The second-order valence-corrected chi connectivity index (χ2v) is 3.98. The first-order chi connectivity index (χ1) is 7.63. The van der Waals surface area contributed by atoms with Crippen molar-refractivity contribution in [3.8, 4) is 0 Å². The lowest BCUT2D eigenvalue weighted by Crippen LogP contribution is -2.28. The zero-order valence-corrected chi connectivity index (χ0v) is 10.3. The number of hydrogen-bond donors (Lipinski definition) is 1. The summed E-state index contributed by atoms with van der Waals surface area (Å²) in [5, 5.41) is 3.72. The molecular formula is C12H16ClNO2. The fraction of sp³-hybridized carbons (Fsp3) is 0.417. The van der Waals surface area contributed by atoms with Crippen molar-refractivity contribution in [2.75, 3.05) is 11.9 Å². The van der Waals surface area contributed by atoms with Crippen LogP contribution in [0.4, 0.5) is 5.69 Å². The Balaban J connectivity index is 2.47. The van der Waals surface area contributed by atoms with Crippen LogP contribution < -0.4 is 5.32 Å². The highest BCUT2D eigenvalue weighted by atomic mass is 35.5. The molecule has 4 heteroatoms. The van der Waals surface area contributed by atoms with E-state index in [4.69, 9.17) is 16.3 Å². The van der Waals surface area contributed by atoms with Gasteiger partial charge in [0.2, 0.25) is 0 Å². The van der Waals surface area contributed by atoms with Crippen molar-refractivity contribution in [3.05, 3.63) is 29.3 Å². The summed E-state index contributed by atoms with van der Waals surface area (Å²) in [6, 6.07) is 6.84. The van der Waals surface area contributed by atoms with Gasteiger partial charge in [-0.05, 0) is 37.6 Å². The Bertz CT molecular complexity index is 337. The smallest absolute Gasteiger partial charge is 0.328 e. The van der Waals surface area contributed by atoms with E-state index in [0.717, 1.165) is 12.1 Å². The minimum atomic E-state index is -0.354. The molecule has 0 spiro atoms. The third-order valence-corrected chi connectivity index (χ3v) is 2.28. The first kappa shape index (κ1) is 12.8. The predicted molar refractivity (Wildman–Crippen MR) is 65.8 cm³/mol. The molecule has 1 aromatic rings. The summed E-state index contributed by atoms with van der Waals surface area (Å²) in [7, 11) is 0. The highest BCUT2D eigenvalue weighted by molar-refractivity contribution is 6.30. The molecule has 16 heavy (non-hydrogen) atoms. The van der Waals surface area contributed by atoms with E-state index in [1.165, 1.54) is 0 Å². The van der Waals surface area contributed by atoms with Gasteiger partial charge in [-0.15, -0.1) is 0 Å². The van der Waals surface area contributed by atoms with Crippen molar-refractivity contribution < 1.29 is 9.53 Å². The van der Waals surface area contributed by atoms with Gasteiger partial charge in [-0.25, -0.2) is 4.79 Å². The van der Waals surface area contributed by atoms with Gasteiger partial charge in [0.1, 0.15) is 6.04 Å². The van der Waals surface area contributed by atoms with Crippen LogP contribution in [0, 0.1) is 0 Å². The number of ether oxygens (including phenoxy) is 1. The molecule has 0 amide bonds. The zero-order chi connectivity index (χ0) is 12.0. The van der Waals surface area contributed by atoms with E-state index in [-0.39, 0.29) is 12.0 Å². The lowest BCUT2D eigenvalue weighted by Gasteiger charge is -2.14. The van der Waals surface area contributed by atoms with Gasteiger partial charge in [0.05, 0.1) is 6.61 Å². The van der Waals surface area contributed by atoms with Crippen molar-refractivity contribution in [1.29, 1.82) is 0 Å². The predicted octanol–water partition coefficient (Wildman–Crippen LogP) is 3.09. The van der Waals surface area contributed by atoms with Crippen LogP contribution in [0.1, 0.15) is 20.3 Å². The Morgan fingerprint density at radius 3 is 2.62 bits per heavy atom. The standard InChI is InChI=1S/C12H16ClNO2/c1-3-8-16-12(15)9(2)14-11-6-4-10(13)5-7-11/h4-7,9,14H,3,8H2,1-2H3. The Hall–Kier alpha value is -1.22. The number of hydrogen-bond acceptors (Lipinski definition) is 3. The van der Waals surface area contributed by atoms with Gasteiger partial charge in [0.25, 0.3) is 0 Å². The maximum atomic E-state index is 11.5. The first-order valence-electron chi connectivity index (χ1n) is 5.32. The van der Waals surface area contributed by atoms with Crippen molar-refractivity contribution in [2.24, 2.45) is 0 Å². The molecule has 0 fully saturated rings. The minimum absolute atomic E-state index is 0.239. The fourth-order valence-electron chi connectivity index (χ4n) is 1.18. The number of anilines is 1. The Morgan fingerprint density at radius 1 is 1.44 bits per heavy atom. The third kappa shape index (κ3) is 4.11. The van der Waals surface area contributed by atoms with E-state index in [9.17, 15) is 4.79 Å². The average molecular weight is 242 g/mol. The number of esters is 1. The van der Waals surface area contributed by atoms with Crippen LogP contribution in [0.5, 0.6) is 0 Å². The maximum absolute atomic E-state index is 11.5. The zero-order valence-electron chi connectivity index (χ0n) is 9.50. The number of nitrogens with one attached hydrogen (secondary N) is 1. The second-order valence-electron chi connectivity index (χ2n) is 3.54. The molecular weight excluding hydrogens is 226 g/mol. The van der Waals surface area contributed by atoms with Gasteiger partial charge >= 0.3 is 5.97 Å². The fourth-order valence-corrected chi connectivity index (χ4v) is 1.31. The topological polar surface area (TPSA) is 38.3 Å². The van der Waals surface area contributed by atoms with E-state index >= 15 is 0 Å². The third-order valence-electron chi connectivity index (χ3n) is 2.03. The van der Waals surface area contributed by atoms with Crippen molar-refractivity contribution in [3.63, 3.8) is 0 Å². The van der Waals surface area contributed by atoms with Crippen LogP contribution >= 0.6 is 11.6 Å². The van der Waals surface area contributed by atoms with Gasteiger partial charge in [-0.3, -0.25) is 0 Å². The van der Waals surface area contributed by atoms with Gasteiger partial charge < -0.3 is 10.1 Å². The van der Waals surface area contributed by atoms with Gasteiger partial charge in [0, 0.05) is 10.7 Å². The summed E-state index contributed by atoms with van der Waals surface area (Å²) in [5.74, 6) is -0.239. The van der Waals surface area contributed by atoms with Crippen LogP contribution in [0.25, 0.3) is 0 Å². The normalized spacial score (nSPS) is 11.9. The van der Waals surface area contributed by atoms with Crippen molar-refractivity contribution >= 4 is 23.3 Å². The average Bonchev–Trinajstić information content (AvgIpc) is 2.29. The van der Waals surface area contributed by atoms with Crippen LogP contribution in [0.15, 0.2) is 24.3 Å². The lowest BCUT2D eigenvalue weighted by atomic mass is 10.2. The van der Waals surface area contributed by atoms with E-state index in [1.807, 2.05) is 19.1 Å². The molecule has 1 atom stereocenters. The van der Waals surface area contributed by atoms with E-state index in [0.29, 0.717) is 11.6 Å². The minimum Gasteiger partial charge on any atom is -0.464 e. The second kappa shape index (κ2) is 6.38. The largest absolute Gasteiger partial charge is 0.464 e. The molecule has 0 aliphatic heterocycles. The molecule has 1 N–H and O–H groups in total. The van der Waals surface area contributed by atoms with Gasteiger partial charge in [0.15, 0.2) is 0 Å². The Labute approximate surface area is 101 Å². The summed E-state index contributed by atoms with van der Waals surface area (Å²) < 4.78 is 5.02. The summed E-state index contributed by atoms with van der Waals surface area (Å²) in [4.78, 5) is 11.5. The van der Waals surface area contributed by atoms with Crippen LogP contribution in [0.3, 0.4) is 0 Å². The summed E-state index contributed by atoms with van der Waals surface area (Å²) >= 11 is 5.76. The molecule has 0 saturated heterocycles. The lowest BCUT2D eigenvalue weighted by molar-refractivity contribution is -0.144. The SMILES string of the molecule is CCCOC(=O)C(C)Nc1ccc(Cl)cc1. The molecule has 1 unspecified atom stereocenters. The van der Waals surface area contributed by atoms with E-state index in [2.05, 4.69) is 5.32 Å². The molecule has 0 aliphatic carbocycles. The summed E-state index contributed by atoms with van der Waals surface area (Å²) in [6.07, 6.45) is 0.833. The Morgan fingerprint density at radius 2 is 2.06 bits per heavy atom. The maximum Gasteiger partial charge on any atom is 0.328 e. The van der Waals surface area contributed by atoms with Crippen LogP contribution in [0.2, 0.25) is 5.02 Å². The van der Waals surface area contributed by atoms with Gasteiger partial charge in [-0.1, -0.05) is 18.5 Å². The number of carbonyl (C=O) groups is 1. The van der Waals surface area contributed by atoms with Crippen LogP contribution in [-0.4, -0.2) is 18.6 Å². The Kier molecular flexibility index (Phi) is 5.12. The number of rotatable bonds is 5. The monoisotopic (exact) mass is 241 g/mol. The first-order valence-corrected chi connectivity index (χ1v) is 5.70. The van der Waals surface area contributed by atoms with Crippen molar-refractivity contribution in [2.45, 2.75) is 26.3 Å².